The van der Waals surface area contributed by atoms with Crippen LogP contribution in [0.1, 0.15) is 36.5 Å². The quantitative estimate of drug-likeness (QED) is 0.522. The Bertz CT molecular complexity index is 997. The fraction of sp³-hybridized carbons (Fsp3) is 0.345. The number of nitrogens with zero attached hydrogens (tertiary/aromatic N) is 2. The van der Waals surface area contributed by atoms with Crippen LogP contribution >= 0.6 is 0 Å². The molecule has 1 saturated heterocycles. The summed E-state index contributed by atoms with van der Waals surface area (Å²) in [6, 6.07) is 29.6. The molecule has 0 bridgehead atoms. The second kappa shape index (κ2) is 10.7. The molecule has 0 amide bonds. The first-order valence-electron chi connectivity index (χ1n) is 11.8. The smallest absolute Gasteiger partial charge is 0.119 e. The molecule has 4 heteroatoms. The summed E-state index contributed by atoms with van der Waals surface area (Å²) >= 11 is 0. The Morgan fingerprint density at radius 2 is 1.48 bits per heavy atom. The van der Waals surface area contributed by atoms with Gasteiger partial charge in [0, 0.05) is 12.5 Å². The average molecular weight is 441 g/mol. The van der Waals surface area contributed by atoms with Crippen LogP contribution in [0.2, 0.25) is 0 Å². The topological polar surface area (TPSA) is 56.5 Å². The van der Waals surface area contributed by atoms with Gasteiger partial charge in [-0.2, -0.15) is 5.26 Å². The van der Waals surface area contributed by atoms with Crippen molar-refractivity contribution in [2.75, 3.05) is 26.2 Å². The van der Waals surface area contributed by atoms with Crippen LogP contribution in [0.15, 0.2) is 84.9 Å². The predicted octanol–water partition coefficient (Wildman–Crippen LogP) is 5.22. The van der Waals surface area contributed by atoms with Crippen molar-refractivity contribution in [1.29, 1.82) is 5.26 Å². The van der Waals surface area contributed by atoms with Gasteiger partial charge in [-0.1, -0.05) is 67.6 Å². The second-order valence-corrected chi connectivity index (χ2v) is 9.13. The minimum absolute atomic E-state index is 0.170. The standard InChI is InChI=1S/C29H32N2O2/c1-23(22-33-28-14-12-24(20-30)13-15-28)21-31-18-16-27(17-19-31)29(32,25-8-4-2-5-9-25)26-10-6-3-7-11-26/h2-15,23,27,32H,16-19,21-22H2,1H3. The minimum atomic E-state index is -0.973. The summed E-state index contributed by atoms with van der Waals surface area (Å²) < 4.78 is 5.92. The van der Waals surface area contributed by atoms with Crippen molar-refractivity contribution >= 4 is 0 Å². The van der Waals surface area contributed by atoms with Crippen LogP contribution in [-0.2, 0) is 5.60 Å². The number of piperidine rings is 1. The number of ether oxygens (including phenoxy) is 1. The Balaban J connectivity index is 1.35. The van der Waals surface area contributed by atoms with E-state index in [4.69, 9.17) is 10.00 Å². The van der Waals surface area contributed by atoms with Crippen LogP contribution in [0.4, 0.5) is 0 Å². The van der Waals surface area contributed by atoms with Crippen LogP contribution in [0.3, 0.4) is 0 Å². The van der Waals surface area contributed by atoms with Crippen molar-refractivity contribution in [3.8, 4) is 11.8 Å². The lowest BCUT2D eigenvalue weighted by atomic mass is 9.72. The Labute approximate surface area is 197 Å². The van der Waals surface area contributed by atoms with E-state index in [0.717, 1.165) is 49.4 Å². The number of hydrogen-bond donors (Lipinski definition) is 1. The number of benzene rings is 3. The third-order valence-electron chi connectivity index (χ3n) is 6.69. The molecule has 1 unspecified atom stereocenters. The van der Waals surface area contributed by atoms with Crippen LogP contribution in [0, 0.1) is 23.2 Å². The Morgan fingerprint density at radius 1 is 0.939 bits per heavy atom. The number of likely N-dealkylation sites (tertiary alicyclic amines) is 1. The van der Waals surface area contributed by atoms with Crippen LogP contribution in [-0.4, -0.2) is 36.2 Å². The van der Waals surface area contributed by atoms with E-state index in [2.05, 4.69) is 17.9 Å². The molecule has 1 fully saturated rings. The molecule has 1 heterocycles. The Morgan fingerprint density at radius 3 is 2.00 bits per heavy atom. The molecule has 3 aromatic rings. The van der Waals surface area contributed by atoms with Gasteiger partial charge in [-0.15, -0.1) is 0 Å². The SMILES string of the molecule is CC(COc1ccc(C#N)cc1)CN1CCC(C(O)(c2ccccc2)c2ccccc2)CC1. The minimum Gasteiger partial charge on any atom is -0.493 e. The van der Waals surface area contributed by atoms with Gasteiger partial charge in [0.05, 0.1) is 18.2 Å². The zero-order valence-corrected chi connectivity index (χ0v) is 19.2. The fourth-order valence-electron chi connectivity index (χ4n) is 4.91. The van der Waals surface area contributed by atoms with Crippen molar-refractivity contribution in [3.63, 3.8) is 0 Å². The molecule has 1 aliphatic rings. The van der Waals surface area contributed by atoms with E-state index in [-0.39, 0.29) is 5.92 Å². The number of hydrogen-bond acceptors (Lipinski definition) is 4. The van der Waals surface area contributed by atoms with Gasteiger partial charge in [0.2, 0.25) is 0 Å². The van der Waals surface area contributed by atoms with Gasteiger partial charge in [-0.05, 0) is 67.2 Å². The van der Waals surface area contributed by atoms with Gasteiger partial charge in [-0.25, -0.2) is 0 Å². The predicted molar refractivity (Wildman–Crippen MR) is 131 cm³/mol. The van der Waals surface area contributed by atoms with Crippen molar-refractivity contribution in [2.24, 2.45) is 11.8 Å². The van der Waals surface area contributed by atoms with E-state index in [1.165, 1.54) is 0 Å². The first-order valence-corrected chi connectivity index (χ1v) is 11.8. The molecule has 1 atom stereocenters. The van der Waals surface area contributed by atoms with Crippen molar-refractivity contribution in [3.05, 3.63) is 102 Å². The highest BCUT2D eigenvalue weighted by Crippen LogP contribution is 2.41. The summed E-state index contributed by atoms with van der Waals surface area (Å²) in [7, 11) is 0. The molecule has 0 aromatic heterocycles. The second-order valence-electron chi connectivity index (χ2n) is 9.13. The van der Waals surface area contributed by atoms with Crippen molar-refractivity contribution in [2.45, 2.75) is 25.4 Å². The molecule has 0 aliphatic carbocycles. The largest absolute Gasteiger partial charge is 0.493 e. The van der Waals surface area contributed by atoms with Gasteiger partial charge in [0.25, 0.3) is 0 Å². The molecule has 0 radical (unpaired) electrons. The normalized spacial score (nSPS) is 16.2. The lowest BCUT2D eigenvalue weighted by Gasteiger charge is -2.42. The summed E-state index contributed by atoms with van der Waals surface area (Å²) in [4.78, 5) is 2.49. The average Bonchev–Trinajstić information content (AvgIpc) is 2.89. The summed E-state index contributed by atoms with van der Waals surface area (Å²) in [6.07, 6.45) is 1.90. The fourth-order valence-corrected chi connectivity index (χ4v) is 4.91. The number of nitriles is 1. The first-order chi connectivity index (χ1) is 16.1. The van der Waals surface area contributed by atoms with Crippen LogP contribution in [0.25, 0.3) is 0 Å². The lowest BCUT2D eigenvalue weighted by Crippen LogP contribution is -2.45. The van der Waals surface area contributed by atoms with Crippen LogP contribution < -0.4 is 4.74 Å². The highest BCUT2D eigenvalue weighted by atomic mass is 16.5. The molecule has 33 heavy (non-hydrogen) atoms. The third kappa shape index (κ3) is 5.45. The van der Waals surface area contributed by atoms with E-state index in [9.17, 15) is 5.11 Å². The van der Waals surface area contributed by atoms with E-state index in [1.54, 1.807) is 12.1 Å². The maximum absolute atomic E-state index is 12.0. The first kappa shape index (κ1) is 23.0. The molecule has 4 rings (SSSR count). The van der Waals surface area contributed by atoms with E-state index in [0.29, 0.717) is 18.1 Å². The highest BCUT2D eigenvalue weighted by Gasteiger charge is 2.41. The molecule has 0 saturated carbocycles. The number of rotatable bonds is 8. The Hall–Kier alpha value is -3.13. The molecule has 170 valence electrons. The molecular formula is C29H32N2O2. The lowest BCUT2D eigenvalue weighted by molar-refractivity contribution is -0.0164. The Kier molecular flexibility index (Phi) is 7.44. The summed E-state index contributed by atoms with van der Waals surface area (Å²) in [5.74, 6) is 1.36. The maximum Gasteiger partial charge on any atom is 0.119 e. The monoisotopic (exact) mass is 440 g/mol. The van der Waals surface area contributed by atoms with Gasteiger partial charge >= 0.3 is 0 Å². The van der Waals surface area contributed by atoms with Gasteiger partial charge in [-0.3, -0.25) is 0 Å². The molecular weight excluding hydrogens is 408 g/mol. The zero-order chi connectivity index (χ0) is 23.1. The molecule has 1 N–H and O–H groups in total. The number of aliphatic hydroxyl groups is 1. The molecule has 0 spiro atoms. The van der Waals surface area contributed by atoms with E-state index in [1.807, 2.05) is 72.8 Å². The van der Waals surface area contributed by atoms with Crippen molar-refractivity contribution < 1.29 is 9.84 Å². The summed E-state index contributed by atoms with van der Waals surface area (Å²) in [5, 5.41) is 21.0. The van der Waals surface area contributed by atoms with E-state index >= 15 is 0 Å². The highest BCUT2D eigenvalue weighted by molar-refractivity contribution is 5.37. The van der Waals surface area contributed by atoms with E-state index < -0.39 is 5.60 Å². The molecule has 4 nitrogen and oxygen atoms in total. The van der Waals surface area contributed by atoms with Crippen molar-refractivity contribution in [1.82, 2.24) is 4.90 Å². The zero-order valence-electron chi connectivity index (χ0n) is 19.2. The molecule has 3 aromatic carbocycles. The third-order valence-corrected chi connectivity index (χ3v) is 6.69. The maximum atomic E-state index is 12.0. The van der Waals surface area contributed by atoms with Gasteiger partial charge < -0.3 is 14.7 Å². The van der Waals surface area contributed by atoms with Gasteiger partial charge in [0.15, 0.2) is 0 Å². The van der Waals surface area contributed by atoms with Crippen LogP contribution in [0.5, 0.6) is 5.75 Å². The summed E-state index contributed by atoms with van der Waals surface area (Å²) in [6.45, 7) is 5.75. The van der Waals surface area contributed by atoms with Gasteiger partial charge in [0.1, 0.15) is 11.4 Å². The molecule has 1 aliphatic heterocycles. The summed E-state index contributed by atoms with van der Waals surface area (Å²) in [5.41, 5.74) is 1.61.